The summed E-state index contributed by atoms with van der Waals surface area (Å²) in [4.78, 5) is 11.0. The fourth-order valence-corrected chi connectivity index (χ4v) is 0.688. The van der Waals surface area contributed by atoms with Gasteiger partial charge in [0.25, 0.3) is 0 Å². The predicted molar refractivity (Wildman–Crippen MR) is 52.2 cm³/mol. The number of rotatable bonds is 4. The van der Waals surface area contributed by atoms with Crippen molar-refractivity contribution in [1.29, 1.82) is 0 Å². The van der Waals surface area contributed by atoms with Gasteiger partial charge in [0.05, 0.1) is 12.6 Å². The predicted octanol–water partition coefficient (Wildman–Crippen LogP) is 1.78. The molecule has 3 heteroatoms. The molecule has 0 fully saturated rings. The van der Waals surface area contributed by atoms with Crippen LogP contribution in [0.2, 0.25) is 0 Å². The first kappa shape index (κ1) is 11.8. The Kier molecular flexibility index (Phi) is 5.79. The molecule has 0 aromatic rings. The first-order valence-corrected chi connectivity index (χ1v) is 4.49. The highest BCUT2D eigenvalue weighted by atomic mass is 16.5. The molecule has 1 amide bonds. The van der Waals surface area contributed by atoms with Gasteiger partial charge >= 0.3 is 6.09 Å². The lowest BCUT2D eigenvalue weighted by Gasteiger charge is -2.12. The average Bonchev–Trinajstić information content (AvgIpc) is 2.10. The number of hydrogen-bond acceptors (Lipinski definition) is 2. The molecular weight excluding hydrogens is 166 g/mol. The summed E-state index contributed by atoms with van der Waals surface area (Å²) in [5.74, 6) is 2.80. The lowest BCUT2D eigenvalue weighted by Crippen LogP contribution is -2.34. The molecule has 0 saturated carbocycles. The normalized spacial score (nSPS) is 11.9. The zero-order valence-electron chi connectivity index (χ0n) is 8.46. The highest BCUT2D eigenvalue weighted by Gasteiger charge is 2.08. The molecule has 1 unspecified atom stereocenters. The number of amides is 1. The molecule has 0 aliphatic rings. The molecule has 74 valence electrons. The van der Waals surface area contributed by atoms with Gasteiger partial charge in [0.2, 0.25) is 0 Å². The van der Waals surface area contributed by atoms with Crippen molar-refractivity contribution in [3.63, 3.8) is 0 Å². The Hall–Kier alpha value is -1.17. The Morgan fingerprint density at radius 3 is 2.62 bits per heavy atom. The van der Waals surface area contributed by atoms with Gasteiger partial charge in [0.15, 0.2) is 0 Å². The molecule has 0 saturated heterocycles. The molecule has 13 heavy (non-hydrogen) atoms. The van der Waals surface area contributed by atoms with E-state index < -0.39 is 6.09 Å². The highest BCUT2D eigenvalue weighted by Crippen LogP contribution is 1.94. The van der Waals surface area contributed by atoms with E-state index in [1.165, 1.54) is 0 Å². The van der Waals surface area contributed by atoms with Gasteiger partial charge in [-0.05, 0) is 12.3 Å². The molecule has 0 radical (unpaired) electrons. The van der Waals surface area contributed by atoms with Crippen molar-refractivity contribution in [2.24, 2.45) is 5.92 Å². The quantitative estimate of drug-likeness (QED) is 0.675. The molecule has 0 aromatic carbocycles. The maximum atomic E-state index is 11.0. The van der Waals surface area contributed by atoms with Gasteiger partial charge in [-0.1, -0.05) is 26.7 Å². The zero-order valence-corrected chi connectivity index (χ0v) is 8.46. The van der Waals surface area contributed by atoms with Crippen molar-refractivity contribution in [2.45, 2.75) is 33.2 Å². The summed E-state index contributed by atoms with van der Waals surface area (Å²) in [6.07, 6.45) is 5.45. The van der Waals surface area contributed by atoms with Crippen molar-refractivity contribution >= 4 is 6.09 Å². The van der Waals surface area contributed by atoms with Crippen molar-refractivity contribution in [3.8, 4) is 12.3 Å². The Morgan fingerprint density at radius 1 is 1.62 bits per heavy atom. The number of carbonyl (C=O) groups excluding carboxylic acids is 1. The van der Waals surface area contributed by atoms with E-state index in [-0.39, 0.29) is 6.04 Å². The highest BCUT2D eigenvalue weighted by molar-refractivity contribution is 5.68. The minimum absolute atomic E-state index is 0.223. The Bertz CT molecular complexity index is 194. The molecule has 0 aliphatic heterocycles. The number of ether oxygens (including phenoxy) is 1. The standard InChI is InChI=1S/C10H17NO2/c1-5-9(6-2)11-10(12)13-7-8(3)4/h1,8-9H,6-7H2,2-4H3,(H,11,12). The number of nitrogens with one attached hydrogen (secondary N) is 1. The van der Waals surface area contributed by atoms with Gasteiger partial charge in [-0.2, -0.15) is 0 Å². The third-order valence-corrected chi connectivity index (χ3v) is 1.45. The van der Waals surface area contributed by atoms with E-state index in [2.05, 4.69) is 11.2 Å². The van der Waals surface area contributed by atoms with Crippen molar-refractivity contribution in [2.75, 3.05) is 6.61 Å². The third kappa shape index (κ3) is 6.03. The number of alkyl carbamates (subject to hydrolysis) is 1. The molecule has 0 bridgehead atoms. The van der Waals surface area contributed by atoms with Gasteiger partial charge in [-0.25, -0.2) is 4.79 Å². The van der Waals surface area contributed by atoms with E-state index in [0.29, 0.717) is 18.9 Å². The molecule has 1 atom stereocenters. The summed E-state index contributed by atoms with van der Waals surface area (Å²) in [5, 5.41) is 2.57. The molecule has 1 N–H and O–H groups in total. The van der Waals surface area contributed by atoms with Crippen LogP contribution >= 0.6 is 0 Å². The van der Waals surface area contributed by atoms with Crippen LogP contribution in [0.1, 0.15) is 27.2 Å². The van der Waals surface area contributed by atoms with Crippen LogP contribution in [0.25, 0.3) is 0 Å². The van der Waals surface area contributed by atoms with Crippen LogP contribution in [-0.4, -0.2) is 18.7 Å². The minimum atomic E-state index is -0.432. The summed E-state index contributed by atoms with van der Waals surface area (Å²) in [6, 6.07) is -0.223. The van der Waals surface area contributed by atoms with Crippen LogP contribution in [0, 0.1) is 18.3 Å². The van der Waals surface area contributed by atoms with Crippen LogP contribution < -0.4 is 5.32 Å². The van der Waals surface area contributed by atoms with Gasteiger partial charge in [-0.15, -0.1) is 6.42 Å². The van der Waals surface area contributed by atoms with Crippen LogP contribution in [0.5, 0.6) is 0 Å². The van der Waals surface area contributed by atoms with E-state index in [1.54, 1.807) is 0 Å². The summed E-state index contributed by atoms with van der Waals surface area (Å²) >= 11 is 0. The minimum Gasteiger partial charge on any atom is -0.449 e. The summed E-state index contributed by atoms with van der Waals surface area (Å²) in [7, 11) is 0. The Labute approximate surface area is 79.8 Å². The zero-order chi connectivity index (χ0) is 10.3. The maximum Gasteiger partial charge on any atom is 0.408 e. The lowest BCUT2D eigenvalue weighted by atomic mass is 10.2. The van der Waals surface area contributed by atoms with Crippen molar-refractivity contribution in [3.05, 3.63) is 0 Å². The first-order valence-electron chi connectivity index (χ1n) is 4.49. The molecule has 0 rings (SSSR count). The topological polar surface area (TPSA) is 38.3 Å². The van der Waals surface area contributed by atoms with Crippen molar-refractivity contribution in [1.82, 2.24) is 5.32 Å². The Morgan fingerprint density at radius 2 is 2.23 bits per heavy atom. The van der Waals surface area contributed by atoms with Crippen LogP contribution in [0.15, 0.2) is 0 Å². The van der Waals surface area contributed by atoms with E-state index in [9.17, 15) is 4.79 Å². The molecule has 0 heterocycles. The van der Waals surface area contributed by atoms with Crippen LogP contribution in [-0.2, 0) is 4.74 Å². The van der Waals surface area contributed by atoms with E-state index in [1.807, 2.05) is 20.8 Å². The van der Waals surface area contributed by atoms with E-state index >= 15 is 0 Å². The lowest BCUT2D eigenvalue weighted by molar-refractivity contribution is 0.131. The second-order valence-corrected chi connectivity index (χ2v) is 3.26. The van der Waals surface area contributed by atoms with Gasteiger partial charge in [0, 0.05) is 0 Å². The van der Waals surface area contributed by atoms with Crippen LogP contribution in [0.3, 0.4) is 0 Å². The summed E-state index contributed by atoms with van der Waals surface area (Å²) in [6.45, 7) is 6.29. The first-order chi connectivity index (χ1) is 6.10. The summed E-state index contributed by atoms with van der Waals surface area (Å²) in [5.41, 5.74) is 0. The fourth-order valence-electron chi connectivity index (χ4n) is 0.688. The molecule has 0 aliphatic carbocycles. The van der Waals surface area contributed by atoms with E-state index in [4.69, 9.17) is 11.2 Å². The van der Waals surface area contributed by atoms with Crippen molar-refractivity contribution < 1.29 is 9.53 Å². The van der Waals surface area contributed by atoms with E-state index in [0.717, 1.165) is 0 Å². The SMILES string of the molecule is C#CC(CC)NC(=O)OCC(C)C. The Balaban J connectivity index is 3.68. The van der Waals surface area contributed by atoms with Gasteiger partial charge in [-0.3, -0.25) is 0 Å². The largest absolute Gasteiger partial charge is 0.449 e. The third-order valence-electron chi connectivity index (χ3n) is 1.45. The second kappa shape index (κ2) is 6.36. The number of carbonyl (C=O) groups is 1. The molecule has 0 spiro atoms. The van der Waals surface area contributed by atoms with Gasteiger partial charge in [0.1, 0.15) is 0 Å². The number of hydrogen-bond donors (Lipinski definition) is 1. The molecule has 0 aromatic heterocycles. The number of terminal acetylenes is 1. The maximum absolute atomic E-state index is 11.0. The molecule has 3 nitrogen and oxygen atoms in total. The van der Waals surface area contributed by atoms with Crippen LogP contribution in [0.4, 0.5) is 4.79 Å². The monoisotopic (exact) mass is 183 g/mol. The molecular formula is C10H17NO2. The average molecular weight is 183 g/mol. The summed E-state index contributed by atoms with van der Waals surface area (Å²) < 4.78 is 4.89. The van der Waals surface area contributed by atoms with Gasteiger partial charge < -0.3 is 10.1 Å². The smallest absolute Gasteiger partial charge is 0.408 e. The fraction of sp³-hybridized carbons (Fsp3) is 0.700. The second-order valence-electron chi connectivity index (χ2n) is 3.26.